The van der Waals surface area contributed by atoms with Crippen LogP contribution in [0.5, 0.6) is 5.75 Å². The van der Waals surface area contributed by atoms with Crippen LogP contribution in [0.4, 0.5) is 15.8 Å². The van der Waals surface area contributed by atoms with Crippen molar-refractivity contribution in [2.75, 3.05) is 12.4 Å². The number of rotatable bonds is 8. The highest BCUT2D eigenvalue weighted by Gasteiger charge is 2.26. The lowest BCUT2D eigenvalue weighted by molar-refractivity contribution is -0.384. The van der Waals surface area contributed by atoms with Crippen LogP contribution in [0.25, 0.3) is 0 Å². The second kappa shape index (κ2) is 10.0. The van der Waals surface area contributed by atoms with Crippen molar-refractivity contribution in [2.45, 2.75) is 25.9 Å². The van der Waals surface area contributed by atoms with E-state index in [9.17, 15) is 19.3 Å². The quantitative estimate of drug-likeness (QED) is 0.379. The number of carbonyl (C=O) groups is 1. The molecule has 2 N–H and O–H groups in total. The summed E-state index contributed by atoms with van der Waals surface area (Å²) in [6.07, 6.45) is 0. The Balaban J connectivity index is 1.89. The molecule has 0 fully saturated rings. The highest BCUT2D eigenvalue weighted by molar-refractivity contribution is 5.97. The van der Waals surface area contributed by atoms with Crippen LogP contribution in [0.3, 0.4) is 0 Å². The predicted octanol–water partition coefficient (Wildman–Crippen LogP) is 5.08. The molecule has 0 aromatic heterocycles. The van der Waals surface area contributed by atoms with E-state index in [0.29, 0.717) is 16.7 Å². The van der Waals surface area contributed by atoms with E-state index in [1.807, 2.05) is 6.07 Å². The lowest BCUT2D eigenvalue weighted by Gasteiger charge is -2.24. The van der Waals surface area contributed by atoms with E-state index in [1.54, 1.807) is 50.2 Å². The number of hydrogen-bond acceptors (Lipinski definition) is 5. The molecule has 1 amide bonds. The summed E-state index contributed by atoms with van der Waals surface area (Å²) in [6.45, 7) is 3.54. The summed E-state index contributed by atoms with van der Waals surface area (Å²) in [7, 11) is 1.39. The summed E-state index contributed by atoms with van der Waals surface area (Å²) in [5.74, 6) is -0.844. The second-order valence-corrected chi connectivity index (χ2v) is 7.39. The Bertz CT molecular complexity index is 1120. The minimum atomic E-state index is -0.836. The second-order valence-electron chi connectivity index (χ2n) is 7.39. The van der Waals surface area contributed by atoms with E-state index >= 15 is 0 Å². The molecule has 166 valence electrons. The summed E-state index contributed by atoms with van der Waals surface area (Å²) in [5, 5.41) is 17.3. The SMILES string of the molecule is COc1ccc(C(C)NC(C(=O)Nc2ccc(C)cc2[N+](=O)[O-])c2ccccc2)cc1F. The van der Waals surface area contributed by atoms with Crippen LogP contribution in [0.15, 0.2) is 66.7 Å². The van der Waals surface area contributed by atoms with Crippen molar-refractivity contribution in [3.63, 3.8) is 0 Å². The zero-order valence-corrected chi connectivity index (χ0v) is 18.0. The Morgan fingerprint density at radius 1 is 1.06 bits per heavy atom. The fourth-order valence-electron chi connectivity index (χ4n) is 3.37. The van der Waals surface area contributed by atoms with Crippen LogP contribution in [0.1, 0.15) is 35.7 Å². The number of nitrogens with zero attached hydrogens (tertiary/aromatic N) is 1. The van der Waals surface area contributed by atoms with Crippen LogP contribution in [-0.2, 0) is 4.79 Å². The highest BCUT2D eigenvalue weighted by Crippen LogP contribution is 2.28. The largest absolute Gasteiger partial charge is 0.494 e. The zero-order valence-electron chi connectivity index (χ0n) is 18.0. The maximum Gasteiger partial charge on any atom is 0.293 e. The lowest BCUT2D eigenvalue weighted by Crippen LogP contribution is -2.34. The Kier molecular flexibility index (Phi) is 7.17. The number of nitro groups is 1. The van der Waals surface area contributed by atoms with Gasteiger partial charge >= 0.3 is 0 Å². The minimum Gasteiger partial charge on any atom is -0.494 e. The molecule has 0 bridgehead atoms. The number of benzene rings is 3. The van der Waals surface area contributed by atoms with E-state index in [4.69, 9.17) is 4.74 Å². The van der Waals surface area contributed by atoms with Gasteiger partial charge < -0.3 is 10.1 Å². The molecule has 0 saturated carbocycles. The van der Waals surface area contributed by atoms with Gasteiger partial charge in [-0.25, -0.2) is 4.39 Å². The van der Waals surface area contributed by atoms with Crippen molar-refractivity contribution >= 4 is 17.3 Å². The molecule has 2 unspecified atom stereocenters. The Labute approximate surface area is 185 Å². The number of anilines is 1. The average molecular weight is 437 g/mol. The number of nitro benzene ring substituents is 1. The highest BCUT2D eigenvalue weighted by atomic mass is 19.1. The molecule has 0 spiro atoms. The van der Waals surface area contributed by atoms with Crippen LogP contribution in [-0.4, -0.2) is 17.9 Å². The van der Waals surface area contributed by atoms with Crippen molar-refractivity contribution < 1.29 is 18.8 Å². The number of aryl methyl sites for hydroxylation is 1. The smallest absolute Gasteiger partial charge is 0.293 e. The van der Waals surface area contributed by atoms with Crippen molar-refractivity contribution in [3.05, 3.63) is 99.4 Å². The molecular formula is C24H24FN3O4. The summed E-state index contributed by atoms with van der Waals surface area (Å²) in [4.78, 5) is 24.1. The molecule has 8 heteroatoms. The van der Waals surface area contributed by atoms with Gasteiger partial charge in [0.2, 0.25) is 5.91 Å². The first kappa shape index (κ1) is 22.9. The number of hydrogen-bond donors (Lipinski definition) is 2. The first-order valence-corrected chi connectivity index (χ1v) is 10.0. The van der Waals surface area contributed by atoms with Crippen LogP contribution in [0, 0.1) is 22.9 Å². The molecule has 3 aromatic rings. The van der Waals surface area contributed by atoms with E-state index in [0.717, 1.165) is 0 Å². The molecule has 0 aliphatic rings. The molecule has 0 aliphatic carbocycles. The number of methoxy groups -OCH3 is 1. The Hall–Kier alpha value is -3.78. The van der Waals surface area contributed by atoms with Crippen molar-refractivity contribution in [1.82, 2.24) is 5.32 Å². The molecule has 0 saturated heterocycles. The van der Waals surface area contributed by atoms with E-state index in [2.05, 4.69) is 10.6 Å². The topological polar surface area (TPSA) is 93.5 Å². The molecular weight excluding hydrogens is 413 g/mol. The third-order valence-electron chi connectivity index (χ3n) is 5.10. The van der Waals surface area contributed by atoms with Gasteiger partial charge in [-0.2, -0.15) is 0 Å². The molecule has 32 heavy (non-hydrogen) atoms. The van der Waals surface area contributed by atoms with Crippen LogP contribution < -0.4 is 15.4 Å². The fourth-order valence-corrected chi connectivity index (χ4v) is 3.37. The van der Waals surface area contributed by atoms with Gasteiger partial charge in [-0.05, 0) is 48.7 Å². The molecule has 3 rings (SSSR count). The van der Waals surface area contributed by atoms with Crippen molar-refractivity contribution in [2.24, 2.45) is 0 Å². The van der Waals surface area contributed by atoms with E-state index < -0.39 is 28.7 Å². The van der Waals surface area contributed by atoms with Gasteiger partial charge in [0.15, 0.2) is 11.6 Å². The summed E-state index contributed by atoms with van der Waals surface area (Å²) < 4.78 is 19.1. The summed E-state index contributed by atoms with van der Waals surface area (Å²) in [6, 6.07) is 16.9. The molecule has 0 radical (unpaired) electrons. The zero-order chi connectivity index (χ0) is 23.3. The van der Waals surface area contributed by atoms with Gasteiger partial charge in [-0.15, -0.1) is 0 Å². The Morgan fingerprint density at radius 3 is 2.41 bits per heavy atom. The molecule has 0 aliphatic heterocycles. The number of amides is 1. The number of ether oxygens (including phenoxy) is 1. The van der Waals surface area contributed by atoms with Gasteiger partial charge in [0.1, 0.15) is 11.7 Å². The molecule has 7 nitrogen and oxygen atoms in total. The summed E-state index contributed by atoms with van der Waals surface area (Å²) >= 11 is 0. The number of carbonyl (C=O) groups excluding carboxylic acids is 1. The maximum absolute atomic E-state index is 14.2. The van der Waals surface area contributed by atoms with E-state index in [-0.39, 0.29) is 17.1 Å². The van der Waals surface area contributed by atoms with Crippen LogP contribution in [0.2, 0.25) is 0 Å². The third-order valence-corrected chi connectivity index (χ3v) is 5.10. The predicted molar refractivity (Wildman–Crippen MR) is 120 cm³/mol. The number of nitrogens with one attached hydrogen (secondary N) is 2. The van der Waals surface area contributed by atoms with Crippen molar-refractivity contribution in [1.29, 1.82) is 0 Å². The molecule has 2 atom stereocenters. The molecule has 3 aromatic carbocycles. The standard InChI is InChI=1S/C24H24FN3O4/c1-15-9-11-20(21(13-15)28(30)31)27-24(29)23(17-7-5-4-6-8-17)26-16(2)18-10-12-22(32-3)19(25)14-18/h4-14,16,23,26H,1-3H3,(H,27,29). The lowest BCUT2D eigenvalue weighted by atomic mass is 10.0. The van der Waals surface area contributed by atoms with Gasteiger partial charge in [-0.3, -0.25) is 20.2 Å². The van der Waals surface area contributed by atoms with Gasteiger partial charge in [0, 0.05) is 12.1 Å². The average Bonchev–Trinajstić information content (AvgIpc) is 2.78. The Morgan fingerprint density at radius 2 is 1.78 bits per heavy atom. The molecule has 0 heterocycles. The summed E-state index contributed by atoms with van der Waals surface area (Å²) in [5.41, 5.74) is 1.92. The van der Waals surface area contributed by atoms with Crippen molar-refractivity contribution in [3.8, 4) is 5.75 Å². The maximum atomic E-state index is 14.2. The third kappa shape index (κ3) is 5.28. The van der Waals surface area contributed by atoms with Gasteiger partial charge in [0.05, 0.1) is 12.0 Å². The van der Waals surface area contributed by atoms with Gasteiger partial charge in [0.25, 0.3) is 5.69 Å². The normalized spacial score (nSPS) is 12.6. The van der Waals surface area contributed by atoms with Gasteiger partial charge in [-0.1, -0.05) is 42.5 Å². The van der Waals surface area contributed by atoms with E-state index in [1.165, 1.54) is 31.4 Å². The minimum absolute atomic E-state index is 0.108. The number of halogens is 1. The van der Waals surface area contributed by atoms with Crippen LogP contribution >= 0.6 is 0 Å². The monoisotopic (exact) mass is 437 g/mol. The first-order chi connectivity index (χ1) is 15.3. The fraction of sp³-hybridized carbons (Fsp3) is 0.208. The first-order valence-electron chi connectivity index (χ1n) is 10.0.